The fourth-order valence-corrected chi connectivity index (χ4v) is 7.94. The van der Waals surface area contributed by atoms with Crippen molar-refractivity contribution < 1.29 is 28.6 Å². The van der Waals surface area contributed by atoms with E-state index in [2.05, 4.69) is 41.5 Å². The molecule has 0 amide bonds. The summed E-state index contributed by atoms with van der Waals surface area (Å²) in [5.41, 5.74) is 0. The van der Waals surface area contributed by atoms with Crippen LogP contribution in [0.4, 0.5) is 0 Å². The molecule has 0 fully saturated rings. The van der Waals surface area contributed by atoms with Crippen molar-refractivity contribution in [2.24, 2.45) is 17.8 Å². The first-order valence-corrected chi connectivity index (χ1v) is 26.1. The molecular formula is C53H102O6. The van der Waals surface area contributed by atoms with Gasteiger partial charge in [-0.05, 0) is 37.0 Å². The van der Waals surface area contributed by atoms with Crippen LogP contribution in [0.25, 0.3) is 0 Å². The third kappa shape index (κ3) is 47.3. The van der Waals surface area contributed by atoms with E-state index in [1.165, 1.54) is 167 Å². The molecule has 0 aromatic rings. The maximum atomic E-state index is 12.8. The normalized spacial score (nSPS) is 12.2. The molecule has 0 aromatic carbocycles. The number of rotatable bonds is 46. The van der Waals surface area contributed by atoms with Gasteiger partial charge in [0.1, 0.15) is 13.2 Å². The van der Waals surface area contributed by atoms with E-state index in [4.69, 9.17) is 14.2 Å². The van der Waals surface area contributed by atoms with E-state index < -0.39 is 6.10 Å². The minimum Gasteiger partial charge on any atom is -0.462 e. The Morgan fingerprint density at radius 2 is 0.492 bits per heavy atom. The summed E-state index contributed by atoms with van der Waals surface area (Å²) in [6, 6.07) is 0. The highest BCUT2D eigenvalue weighted by Crippen LogP contribution is 2.18. The fraction of sp³-hybridized carbons (Fsp3) is 0.943. The van der Waals surface area contributed by atoms with Crippen molar-refractivity contribution in [2.45, 2.75) is 292 Å². The van der Waals surface area contributed by atoms with Crippen LogP contribution >= 0.6 is 0 Å². The minimum absolute atomic E-state index is 0.0650. The fourth-order valence-electron chi connectivity index (χ4n) is 7.94. The van der Waals surface area contributed by atoms with Crippen molar-refractivity contribution in [1.82, 2.24) is 0 Å². The molecular weight excluding hydrogens is 733 g/mol. The Hall–Kier alpha value is -1.59. The monoisotopic (exact) mass is 835 g/mol. The summed E-state index contributed by atoms with van der Waals surface area (Å²) in [6.45, 7) is 13.7. The molecule has 0 bridgehead atoms. The molecule has 0 heterocycles. The van der Waals surface area contributed by atoms with Gasteiger partial charge in [-0.1, -0.05) is 247 Å². The van der Waals surface area contributed by atoms with Gasteiger partial charge in [0, 0.05) is 19.3 Å². The Balaban J connectivity index is 4.28. The molecule has 0 radical (unpaired) electrons. The number of ether oxygens (including phenoxy) is 3. The number of hydrogen-bond acceptors (Lipinski definition) is 6. The van der Waals surface area contributed by atoms with Gasteiger partial charge in [-0.3, -0.25) is 14.4 Å². The SMILES string of the molecule is CC(C)CCCCCCCCCCCCCCCCC(=O)OC[C@H](COC(=O)CCCCCCCCCCCCC(C)C)OC(=O)CCCCCCCCCCC(C)C. The number of carbonyl (C=O) groups excluding carboxylic acids is 3. The maximum Gasteiger partial charge on any atom is 0.306 e. The van der Waals surface area contributed by atoms with E-state index in [9.17, 15) is 14.4 Å². The first kappa shape index (κ1) is 57.4. The van der Waals surface area contributed by atoms with Crippen LogP contribution in [0.2, 0.25) is 0 Å². The topological polar surface area (TPSA) is 78.9 Å². The molecule has 6 nitrogen and oxygen atoms in total. The molecule has 0 spiro atoms. The van der Waals surface area contributed by atoms with E-state index in [1.807, 2.05) is 0 Å². The van der Waals surface area contributed by atoms with E-state index in [1.54, 1.807) is 0 Å². The van der Waals surface area contributed by atoms with Crippen LogP contribution in [0.15, 0.2) is 0 Å². The highest BCUT2D eigenvalue weighted by molar-refractivity contribution is 5.71. The third-order valence-electron chi connectivity index (χ3n) is 11.9. The highest BCUT2D eigenvalue weighted by atomic mass is 16.6. The average molecular weight is 835 g/mol. The highest BCUT2D eigenvalue weighted by Gasteiger charge is 2.19. The van der Waals surface area contributed by atoms with Crippen molar-refractivity contribution in [3.05, 3.63) is 0 Å². The van der Waals surface area contributed by atoms with Gasteiger partial charge in [0.25, 0.3) is 0 Å². The molecule has 0 aliphatic carbocycles. The number of esters is 3. The summed E-state index contributed by atoms with van der Waals surface area (Å²) in [7, 11) is 0. The van der Waals surface area contributed by atoms with E-state index in [0.717, 1.165) is 75.5 Å². The number of hydrogen-bond donors (Lipinski definition) is 0. The Bertz CT molecular complexity index is 914. The second-order valence-corrected chi connectivity index (χ2v) is 19.6. The summed E-state index contributed by atoms with van der Waals surface area (Å²) in [5, 5.41) is 0. The Kier molecular flexibility index (Phi) is 43.3. The first-order chi connectivity index (χ1) is 28.6. The van der Waals surface area contributed by atoms with Crippen molar-refractivity contribution in [2.75, 3.05) is 13.2 Å². The molecule has 0 saturated carbocycles. The summed E-state index contributed by atoms with van der Waals surface area (Å²) < 4.78 is 16.8. The average Bonchev–Trinajstić information content (AvgIpc) is 3.19. The zero-order chi connectivity index (χ0) is 43.4. The van der Waals surface area contributed by atoms with E-state index >= 15 is 0 Å². The second kappa shape index (κ2) is 44.5. The van der Waals surface area contributed by atoms with Gasteiger partial charge in [-0.25, -0.2) is 0 Å². The molecule has 0 aliphatic heterocycles. The van der Waals surface area contributed by atoms with Crippen LogP contribution in [0, 0.1) is 17.8 Å². The lowest BCUT2D eigenvalue weighted by Gasteiger charge is -2.18. The maximum absolute atomic E-state index is 12.8. The molecule has 0 aliphatic rings. The summed E-state index contributed by atoms with van der Waals surface area (Å²) in [4.78, 5) is 37.9. The number of carbonyl (C=O) groups is 3. The zero-order valence-electron chi connectivity index (χ0n) is 40.5. The van der Waals surface area contributed by atoms with Gasteiger partial charge in [0.2, 0.25) is 0 Å². The van der Waals surface area contributed by atoms with Crippen molar-refractivity contribution in [1.29, 1.82) is 0 Å². The van der Waals surface area contributed by atoms with Crippen LogP contribution in [0.3, 0.4) is 0 Å². The third-order valence-corrected chi connectivity index (χ3v) is 11.9. The predicted octanol–water partition coefficient (Wildman–Crippen LogP) is 16.8. The second-order valence-electron chi connectivity index (χ2n) is 19.6. The van der Waals surface area contributed by atoms with Crippen LogP contribution in [0.5, 0.6) is 0 Å². The number of unbranched alkanes of at least 4 members (excludes halogenated alkanes) is 29. The van der Waals surface area contributed by atoms with Gasteiger partial charge < -0.3 is 14.2 Å². The Morgan fingerprint density at radius 1 is 0.288 bits per heavy atom. The molecule has 59 heavy (non-hydrogen) atoms. The molecule has 0 rings (SSSR count). The van der Waals surface area contributed by atoms with Crippen molar-refractivity contribution in [3.8, 4) is 0 Å². The smallest absolute Gasteiger partial charge is 0.306 e. The molecule has 350 valence electrons. The molecule has 6 heteroatoms. The van der Waals surface area contributed by atoms with Crippen molar-refractivity contribution in [3.63, 3.8) is 0 Å². The quantitative estimate of drug-likeness (QED) is 0.0345. The summed E-state index contributed by atoms with van der Waals surface area (Å²) >= 11 is 0. The molecule has 0 aromatic heterocycles. The first-order valence-electron chi connectivity index (χ1n) is 26.1. The van der Waals surface area contributed by atoms with Crippen molar-refractivity contribution >= 4 is 17.9 Å². The van der Waals surface area contributed by atoms with Gasteiger partial charge in [0.05, 0.1) is 0 Å². The van der Waals surface area contributed by atoms with E-state index in [0.29, 0.717) is 19.3 Å². The molecule has 1 atom stereocenters. The lowest BCUT2D eigenvalue weighted by Crippen LogP contribution is -2.30. The van der Waals surface area contributed by atoms with E-state index in [-0.39, 0.29) is 31.1 Å². The zero-order valence-corrected chi connectivity index (χ0v) is 40.5. The van der Waals surface area contributed by atoms with Crippen LogP contribution in [-0.4, -0.2) is 37.2 Å². The predicted molar refractivity (Wildman–Crippen MR) is 252 cm³/mol. The standard InChI is InChI=1S/C53H102O6/c1-47(2)39-33-27-21-15-11-9-7-8-10-12-17-24-30-36-42-51(54)57-45-50(59-53(56)44-38-32-26-20-19-23-29-35-41-49(5)6)46-58-52(55)43-37-31-25-18-14-13-16-22-28-34-40-48(3)4/h47-50H,7-46H2,1-6H3/t50-/m1/s1. The lowest BCUT2D eigenvalue weighted by atomic mass is 10.0. The van der Waals surface area contributed by atoms with Gasteiger partial charge in [-0.15, -0.1) is 0 Å². The minimum atomic E-state index is -0.763. The molecule has 0 saturated heterocycles. The Labute approximate surface area is 368 Å². The van der Waals surface area contributed by atoms with Crippen LogP contribution in [0.1, 0.15) is 286 Å². The largest absolute Gasteiger partial charge is 0.462 e. The Morgan fingerprint density at radius 3 is 0.729 bits per heavy atom. The van der Waals surface area contributed by atoms with Gasteiger partial charge in [0.15, 0.2) is 6.10 Å². The van der Waals surface area contributed by atoms with Gasteiger partial charge >= 0.3 is 17.9 Å². The van der Waals surface area contributed by atoms with Gasteiger partial charge in [-0.2, -0.15) is 0 Å². The summed E-state index contributed by atoms with van der Waals surface area (Å²) in [5.74, 6) is 1.60. The lowest BCUT2D eigenvalue weighted by molar-refractivity contribution is -0.167. The van der Waals surface area contributed by atoms with Crippen LogP contribution in [-0.2, 0) is 28.6 Å². The summed E-state index contributed by atoms with van der Waals surface area (Å²) in [6.07, 6.45) is 43.8. The molecule has 0 N–H and O–H groups in total. The molecule has 0 unspecified atom stereocenters. The van der Waals surface area contributed by atoms with Crippen LogP contribution < -0.4 is 0 Å².